The standard InChI is InChI=1S/C11H19NO2.C7H12N2O2/c1-10(2,3)12-8(13)6-11(4,5)7-9(12)14;1-7(2,3)9-5(10)4-8-6(9)11/h6-7H2,1-5H3;4H2,1-3H3,(H,8,11). The third-order valence-electron chi connectivity index (χ3n) is 3.94. The molecule has 0 unspecified atom stereocenters. The number of carbonyl (C=O) groups excluding carboxylic acids is 4. The van der Waals surface area contributed by atoms with Crippen LogP contribution in [0.4, 0.5) is 4.79 Å². The summed E-state index contributed by atoms with van der Waals surface area (Å²) in [6.45, 7) is 15.2. The zero-order valence-corrected chi connectivity index (χ0v) is 16.6. The van der Waals surface area contributed by atoms with Gasteiger partial charge in [0, 0.05) is 23.9 Å². The van der Waals surface area contributed by atoms with Crippen LogP contribution in [0.5, 0.6) is 0 Å². The molecule has 2 rings (SSSR count). The monoisotopic (exact) mass is 353 g/mol. The van der Waals surface area contributed by atoms with Crippen molar-refractivity contribution in [2.45, 2.75) is 79.3 Å². The van der Waals surface area contributed by atoms with E-state index in [1.54, 1.807) is 0 Å². The van der Waals surface area contributed by atoms with Crippen LogP contribution in [0.2, 0.25) is 0 Å². The van der Waals surface area contributed by atoms with E-state index in [9.17, 15) is 19.2 Å². The van der Waals surface area contributed by atoms with Crippen molar-refractivity contribution >= 4 is 23.8 Å². The fourth-order valence-electron chi connectivity index (χ4n) is 3.03. The number of urea groups is 1. The first-order valence-corrected chi connectivity index (χ1v) is 8.53. The molecule has 0 atom stereocenters. The Labute approximate surface area is 150 Å². The molecule has 5 amide bonds. The molecule has 0 spiro atoms. The second kappa shape index (κ2) is 6.77. The summed E-state index contributed by atoms with van der Waals surface area (Å²) in [7, 11) is 0. The molecule has 142 valence electrons. The molecule has 0 aliphatic carbocycles. The third kappa shape index (κ3) is 5.28. The smallest absolute Gasteiger partial charge is 0.325 e. The maximum Gasteiger partial charge on any atom is 0.325 e. The molecule has 7 nitrogen and oxygen atoms in total. The van der Waals surface area contributed by atoms with Crippen molar-refractivity contribution in [2.75, 3.05) is 6.54 Å². The molecule has 1 N–H and O–H groups in total. The molecule has 7 heteroatoms. The van der Waals surface area contributed by atoms with Crippen molar-refractivity contribution in [3.63, 3.8) is 0 Å². The number of rotatable bonds is 0. The van der Waals surface area contributed by atoms with E-state index in [0.717, 1.165) is 0 Å². The van der Waals surface area contributed by atoms with Crippen molar-refractivity contribution in [1.82, 2.24) is 15.1 Å². The van der Waals surface area contributed by atoms with E-state index in [4.69, 9.17) is 0 Å². The number of nitrogens with zero attached hydrogens (tertiary/aromatic N) is 2. The number of nitrogens with one attached hydrogen (secondary N) is 1. The van der Waals surface area contributed by atoms with Gasteiger partial charge in [0.15, 0.2) is 0 Å². The van der Waals surface area contributed by atoms with Crippen LogP contribution in [0.25, 0.3) is 0 Å². The zero-order valence-electron chi connectivity index (χ0n) is 16.6. The van der Waals surface area contributed by atoms with Gasteiger partial charge in [0.05, 0.1) is 6.54 Å². The lowest BCUT2D eigenvalue weighted by atomic mass is 9.80. The summed E-state index contributed by atoms with van der Waals surface area (Å²) in [5.74, 6) is -0.236. The molecule has 2 aliphatic rings. The summed E-state index contributed by atoms with van der Waals surface area (Å²) in [4.78, 5) is 48.3. The van der Waals surface area contributed by atoms with Crippen LogP contribution in [0, 0.1) is 5.41 Å². The number of carbonyl (C=O) groups is 4. The zero-order chi connectivity index (χ0) is 19.8. The molecule has 0 radical (unpaired) electrons. The van der Waals surface area contributed by atoms with E-state index in [1.165, 1.54) is 9.80 Å². The highest BCUT2D eigenvalue weighted by atomic mass is 16.2. The van der Waals surface area contributed by atoms with Gasteiger partial charge >= 0.3 is 6.03 Å². The Morgan fingerprint density at radius 1 is 0.760 bits per heavy atom. The lowest BCUT2D eigenvalue weighted by molar-refractivity contribution is -0.158. The Morgan fingerprint density at radius 3 is 1.40 bits per heavy atom. The topological polar surface area (TPSA) is 86.8 Å². The molecule has 25 heavy (non-hydrogen) atoms. The van der Waals surface area contributed by atoms with Gasteiger partial charge in [-0.05, 0) is 47.0 Å². The number of amides is 5. The van der Waals surface area contributed by atoms with Crippen LogP contribution < -0.4 is 5.32 Å². The highest BCUT2D eigenvalue weighted by Gasteiger charge is 2.42. The second-order valence-electron chi connectivity index (χ2n) is 9.37. The third-order valence-corrected chi connectivity index (χ3v) is 3.94. The first kappa shape index (κ1) is 21.1. The van der Waals surface area contributed by atoms with E-state index in [0.29, 0.717) is 12.8 Å². The second-order valence-corrected chi connectivity index (χ2v) is 9.37. The molecule has 2 heterocycles. The molecule has 2 saturated heterocycles. The van der Waals surface area contributed by atoms with Crippen LogP contribution in [0.1, 0.15) is 68.2 Å². The molecular formula is C18H31N3O4. The fourth-order valence-corrected chi connectivity index (χ4v) is 3.03. The van der Waals surface area contributed by atoms with Gasteiger partial charge in [-0.2, -0.15) is 0 Å². The normalized spacial score (nSPS) is 21.1. The molecule has 0 aromatic rings. The lowest BCUT2D eigenvalue weighted by Crippen LogP contribution is -2.54. The van der Waals surface area contributed by atoms with Crippen LogP contribution in [-0.4, -0.2) is 51.2 Å². The Morgan fingerprint density at radius 2 is 1.16 bits per heavy atom. The number of hydrogen-bond acceptors (Lipinski definition) is 4. The molecule has 2 fully saturated rings. The van der Waals surface area contributed by atoms with Gasteiger partial charge in [0.1, 0.15) is 0 Å². The highest BCUT2D eigenvalue weighted by molar-refractivity contribution is 6.02. The summed E-state index contributed by atoms with van der Waals surface area (Å²) in [6, 6.07) is -0.289. The van der Waals surface area contributed by atoms with E-state index in [1.807, 2.05) is 55.4 Å². The van der Waals surface area contributed by atoms with Crippen LogP contribution in [0.15, 0.2) is 0 Å². The maximum atomic E-state index is 11.8. The van der Waals surface area contributed by atoms with Gasteiger partial charge in [-0.25, -0.2) is 4.79 Å². The average Bonchev–Trinajstić information content (AvgIpc) is 2.64. The molecular weight excluding hydrogens is 322 g/mol. The van der Waals surface area contributed by atoms with Gasteiger partial charge in [-0.3, -0.25) is 24.2 Å². The first-order valence-electron chi connectivity index (χ1n) is 8.53. The van der Waals surface area contributed by atoms with E-state index in [-0.39, 0.29) is 41.3 Å². The Kier molecular flexibility index (Phi) is 5.72. The summed E-state index contributed by atoms with van der Waals surface area (Å²) < 4.78 is 0. The predicted molar refractivity (Wildman–Crippen MR) is 94.6 cm³/mol. The fraction of sp³-hybridized carbons (Fsp3) is 0.778. The minimum absolute atomic E-state index is 0.0428. The number of imide groups is 2. The van der Waals surface area contributed by atoms with E-state index >= 15 is 0 Å². The maximum absolute atomic E-state index is 11.8. The SMILES string of the molecule is CC(C)(C)N1C(=O)CNC1=O.CC1(C)CC(=O)N(C(C)(C)C)C(=O)C1. The molecule has 0 bridgehead atoms. The average molecular weight is 353 g/mol. The van der Waals surface area contributed by atoms with Crippen molar-refractivity contribution < 1.29 is 19.2 Å². The quantitative estimate of drug-likeness (QED) is 0.535. The lowest BCUT2D eigenvalue weighted by Gasteiger charge is -2.41. The van der Waals surface area contributed by atoms with Crippen molar-refractivity contribution in [3.05, 3.63) is 0 Å². The first-order chi connectivity index (χ1) is 11.1. The number of likely N-dealkylation sites (tertiary alicyclic amines) is 1. The van der Waals surface area contributed by atoms with E-state index < -0.39 is 5.54 Å². The summed E-state index contributed by atoms with van der Waals surface area (Å²) in [6.07, 6.45) is 0.937. The van der Waals surface area contributed by atoms with Gasteiger partial charge in [0.2, 0.25) is 11.8 Å². The van der Waals surface area contributed by atoms with Gasteiger partial charge in [-0.15, -0.1) is 0 Å². The van der Waals surface area contributed by atoms with Gasteiger partial charge in [-0.1, -0.05) is 13.8 Å². The summed E-state index contributed by atoms with van der Waals surface area (Å²) in [5.41, 5.74) is -0.960. The van der Waals surface area contributed by atoms with Crippen LogP contribution in [-0.2, 0) is 14.4 Å². The Bertz CT molecular complexity index is 546. The highest BCUT2D eigenvalue weighted by Crippen LogP contribution is 2.34. The van der Waals surface area contributed by atoms with Crippen molar-refractivity contribution in [1.29, 1.82) is 0 Å². The van der Waals surface area contributed by atoms with Gasteiger partial charge in [0.25, 0.3) is 5.91 Å². The summed E-state index contributed by atoms with van der Waals surface area (Å²) >= 11 is 0. The number of piperidine rings is 1. The van der Waals surface area contributed by atoms with Crippen LogP contribution in [0.3, 0.4) is 0 Å². The van der Waals surface area contributed by atoms with Crippen molar-refractivity contribution in [2.24, 2.45) is 5.41 Å². The number of hydrogen-bond donors (Lipinski definition) is 1. The van der Waals surface area contributed by atoms with Crippen molar-refractivity contribution in [3.8, 4) is 0 Å². The Balaban J connectivity index is 0.000000257. The van der Waals surface area contributed by atoms with E-state index in [2.05, 4.69) is 5.32 Å². The predicted octanol–water partition coefficient (Wildman–Crippen LogP) is 2.30. The molecule has 0 aromatic carbocycles. The van der Waals surface area contributed by atoms with Gasteiger partial charge < -0.3 is 5.32 Å². The van der Waals surface area contributed by atoms with Crippen LogP contribution >= 0.6 is 0 Å². The summed E-state index contributed by atoms with van der Waals surface area (Å²) in [5, 5.41) is 2.46. The Hall–Kier alpha value is -1.92. The molecule has 2 aliphatic heterocycles. The molecule has 0 aromatic heterocycles. The minimum Gasteiger partial charge on any atom is -0.329 e. The molecule has 0 saturated carbocycles. The minimum atomic E-state index is -0.405. The largest absolute Gasteiger partial charge is 0.329 e.